The largest absolute Gasteiger partial charge is 0.466 e. The molecule has 0 aromatic carbocycles. The Bertz CT molecular complexity index is 801. The highest BCUT2D eigenvalue weighted by molar-refractivity contribution is 5.94. The molecule has 4 bridgehead atoms. The quantitative estimate of drug-likeness (QED) is 0.350. The number of fused-ring (bicyclic) bond motifs is 4. The minimum atomic E-state index is -0.222. The second kappa shape index (κ2) is 9.75. The maximum Gasteiger partial charge on any atom is 0.306 e. The number of carbonyl (C=O) groups excluding carboxylic acids is 3. The number of carbonyl (C=O) groups is 3. The summed E-state index contributed by atoms with van der Waals surface area (Å²) in [5.41, 5.74) is 1.21. The highest BCUT2D eigenvalue weighted by Gasteiger charge is 2.58. The summed E-state index contributed by atoms with van der Waals surface area (Å²) < 4.78 is 9.87. The van der Waals surface area contributed by atoms with Crippen molar-refractivity contribution in [3.8, 4) is 0 Å². The zero-order valence-corrected chi connectivity index (χ0v) is 21.1. The molecule has 186 valence electrons. The Morgan fingerprint density at radius 2 is 1.30 bits per heavy atom. The number of esters is 2. The van der Waals surface area contributed by atoms with E-state index in [4.69, 9.17) is 14.7 Å². The third-order valence-electron chi connectivity index (χ3n) is 9.15. The van der Waals surface area contributed by atoms with E-state index in [2.05, 4.69) is 32.9 Å². The van der Waals surface area contributed by atoms with E-state index >= 15 is 0 Å². The van der Waals surface area contributed by atoms with Gasteiger partial charge in [0.05, 0.1) is 31.8 Å². The molecule has 6 rings (SSSR count). The molecule has 0 saturated heterocycles. The monoisotopic (exact) mass is 463 g/mol. The van der Waals surface area contributed by atoms with E-state index in [-0.39, 0.29) is 46.9 Å². The van der Waals surface area contributed by atoms with E-state index in [9.17, 15) is 14.4 Å². The van der Waals surface area contributed by atoms with Crippen LogP contribution in [-0.4, -0.2) is 41.9 Å². The van der Waals surface area contributed by atoms with Crippen molar-refractivity contribution in [2.24, 2.45) is 51.5 Å². The molecule has 33 heavy (non-hydrogen) atoms. The highest BCUT2D eigenvalue weighted by Crippen LogP contribution is 2.60. The van der Waals surface area contributed by atoms with Gasteiger partial charge in [0.1, 0.15) is 5.78 Å². The lowest BCUT2D eigenvalue weighted by atomic mass is 9.46. The normalized spacial score (nSPS) is 35.9. The van der Waals surface area contributed by atoms with Crippen molar-refractivity contribution in [1.29, 1.82) is 0 Å². The molecule has 0 heterocycles. The van der Waals surface area contributed by atoms with Crippen molar-refractivity contribution in [3.63, 3.8) is 0 Å². The van der Waals surface area contributed by atoms with E-state index < -0.39 is 0 Å². The Hall–Kier alpha value is -1.92. The molecule has 7 nitrogen and oxygen atoms in total. The third kappa shape index (κ3) is 4.83. The van der Waals surface area contributed by atoms with Gasteiger partial charge in [-0.05, 0) is 62.2 Å². The predicted molar refractivity (Wildman–Crippen MR) is 124 cm³/mol. The second-order valence-corrected chi connectivity index (χ2v) is 11.4. The van der Waals surface area contributed by atoms with Gasteiger partial charge in [-0.2, -0.15) is 0 Å². The average molecular weight is 464 g/mol. The summed E-state index contributed by atoms with van der Waals surface area (Å²) in [5, 5.41) is 12.6. The van der Waals surface area contributed by atoms with E-state index in [0.29, 0.717) is 43.2 Å². The summed E-state index contributed by atoms with van der Waals surface area (Å²) in [6, 6.07) is 0. The summed E-state index contributed by atoms with van der Waals surface area (Å²) in [6.07, 6.45) is 4.60. The Morgan fingerprint density at radius 1 is 0.848 bits per heavy atom. The van der Waals surface area contributed by atoms with E-state index in [1.807, 2.05) is 0 Å². The summed E-state index contributed by atoms with van der Waals surface area (Å²) in [6.45, 7) is 13.2. The number of ether oxygens (including phenoxy) is 2. The number of oxime groups is 1. The topological polar surface area (TPSA) is 102 Å². The van der Waals surface area contributed by atoms with Gasteiger partial charge in [-0.3, -0.25) is 14.4 Å². The zero-order chi connectivity index (χ0) is 24.6. The molecule has 6 aliphatic rings. The van der Waals surface area contributed by atoms with Crippen LogP contribution in [0.15, 0.2) is 5.16 Å². The van der Waals surface area contributed by atoms with Gasteiger partial charge in [0, 0.05) is 23.7 Å². The van der Waals surface area contributed by atoms with Gasteiger partial charge in [-0.1, -0.05) is 32.9 Å². The van der Waals surface area contributed by atoms with Crippen molar-refractivity contribution in [3.05, 3.63) is 0 Å². The standard InChI is InChI=1S/C13H21NO3.C13H20O3/c1-4-17-11(15)6-8-5-9-7-10(12(8)14-16)13(9,2)3;1-4-16-11(14)6-8-5-9-7-10(12(8)15)13(9,2)3/h8-10,16H,4-7H2,1-3H3;8-10H,4-7H2,1-3H3/b14-12+;/t2*8-,9+,10+/m11/s1. The molecule has 0 aromatic rings. The molecule has 0 unspecified atom stereocenters. The molecule has 0 spiro atoms. The number of hydrogen-bond donors (Lipinski definition) is 1. The number of nitrogens with zero attached hydrogens (tertiary/aromatic N) is 1. The predicted octanol–water partition coefficient (Wildman–Crippen LogP) is 4.64. The summed E-state index contributed by atoms with van der Waals surface area (Å²) in [5.74, 6) is 1.69. The van der Waals surface area contributed by atoms with Gasteiger partial charge >= 0.3 is 11.9 Å². The first-order valence-electron chi connectivity index (χ1n) is 12.5. The van der Waals surface area contributed by atoms with Crippen LogP contribution >= 0.6 is 0 Å². The van der Waals surface area contributed by atoms with Crippen LogP contribution in [-0.2, 0) is 23.9 Å². The Morgan fingerprint density at radius 3 is 1.73 bits per heavy atom. The maximum atomic E-state index is 12.1. The fourth-order valence-corrected chi connectivity index (χ4v) is 6.67. The number of ketones is 1. The lowest BCUT2D eigenvalue weighted by Crippen LogP contribution is -2.56. The molecular formula is C26H41NO6. The molecule has 0 aliphatic heterocycles. The highest BCUT2D eigenvalue weighted by atomic mass is 16.5. The molecule has 6 aliphatic carbocycles. The summed E-state index contributed by atoms with van der Waals surface area (Å²) in [4.78, 5) is 35.0. The van der Waals surface area contributed by atoms with Gasteiger partial charge in [-0.25, -0.2) is 0 Å². The van der Waals surface area contributed by atoms with E-state index in [0.717, 1.165) is 31.4 Å². The number of hydrogen-bond acceptors (Lipinski definition) is 7. The fraction of sp³-hybridized carbons (Fsp3) is 0.846. The van der Waals surface area contributed by atoms with Crippen LogP contribution < -0.4 is 0 Å². The lowest BCUT2D eigenvalue weighted by Gasteiger charge is -2.58. The van der Waals surface area contributed by atoms with Gasteiger partial charge in [-0.15, -0.1) is 0 Å². The second-order valence-electron chi connectivity index (χ2n) is 11.4. The van der Waals surface area contributed by atoms with Crippen molar-refractivity contribution in [1.82, 2.24) is 0 Å². The van der Waals surface area contributed by atoms with Crippen LogP contribution in [0.25, 0.3) is 0 Å². The Labute approximate surface area is 197 Å². The van der Waals surface area contributed by atoms with Crippen LogP contribution in [0.5, 0.6) is 0 Å². The van der Waals surface area contributed by atoms with Crippen molar-refractivity contribution < 1.29 is 29.1 Å². The van der Waals surface area contributed by atoms with Crippen molar-refractivity contribution in [2.75, 3.05) is 13.2 Å². The smallest absolute Gasteiger partial charge is 0.306 e. The molecule has 6 fully saturated rings. The van der Waals surface area contributed by atoms with Gasteiger partial charge < -0.3 is 14.7 Å². The third-order valence-corrected chi connectivity index (χ3v) is 9.15. The Kier molecular flexibility index (Phi) is 7.59. The Balaban J connectivity index is 0.000000186. The maximum absolute atomic E-state index is 12.1. The molecular weight excluding hydrogens is 422 g/mol. The molecule has 6 atom stereocenters. The molecule has 1 N–H and O–H groups in total. The van der Waals surface area contributed by atoms with Crippen LogP contribution in [0.1, 0.15) is 80.1 Å². The molecule has 6 saturated carbocycles. The molecule has 7 heteroatoms. The lowest BCUT2D eigenvalue weighted by molar-refractivity contribution is -0.162. The summed E-state index contributed by atoms with van der Waals surface area (Å²) in [7, 11) is 0. The summed E-state index contributed by atoms with van der Waals surface area (Å²) >= 11 is 0. The van der Waals surface area contributed by atoms with E-state index in [1.165, 1.54) is 0 Å². The fourth-order valence-electron chi connectivity index (χ4n) is 6.67. The first-order chi connectivity index (χ1) is 15.5. The SMILES string of the molecule is CCOC(=O)C[C@H]1C[C@H]2C[C@@H](/C1=N/O)C2(C)C.CCOC(=O)C[C@H]1C[C@H]2C[C@@H](C1=O)C2(C)C. The molecule has 0 radical (unpaired) electrons. The minimum Gasteiger partial charge on any atom is -0.466 e. The minimum absolute atomic E-state index is 0.0733. The number of rotatable bonds is 6. The van der Waals surface area contributed by atoms with Crippen molar-refractivity contribution in [2.45, 2.75) is 80.1 Å². The van der Waals surface area contributed by atoms with Gasteiger partial charge in [0.15, 0.2) is 0 Å². The van der Waals surface area contributed by atoms with Crippen LogP contribution in [0.3, 0.4) is 0 Å². The van der Waals surface area contributed by atoms with Crippen LogP contribution in [0.2, 0.25) is 0 Å². The zero-order valence-electron chi connectivity index (χ0n) is 21.1. The van der Waals surface area contributed by atoms with Crippen LogP contribution in [0, 0.1) is 46.3 Å². The average Bonchev–Trinajstić information content (AvgIpc) is 2.75. The van der Waals surface area contributed by atoms with Gasteiger partial charge in [0.25, 0.3) is 0 Å². The number of Topliss-reactive ketones (excluding diaryl/α,β-unsaturated/α-hetero) is 1. The van der Waals surface area contributed by atoms with Crippen molar-refractivity contribution >= 4 is 23.4 Å². The van der Waals surface area contributed by atoms with Crippen LogP contribution in [0.4, 0.5) is 0 Å². The van der Waals surface area contributed by atoms with E-state index in [1.54, 1.807) is 13.8 Å². The first-order valence-corrected chi connectivity index (χ1v) is 12.5. The molecule has 0 aromatic heterocycles. The van der Waals surface area contributed by atoms with Gasteiger partial charge in [0.2, 0.25) is 0 Å². The first kappa shape index (κ1) is 25.7. The molecule has 0 amide bonds.